The summed E-state index contributed by atoms with van der Waals surface area (Å²) in [6.45, 7) is 2.64. The van der Waals surface area contributed by atoms with E-state index < -0.39 is 11.8 Å². The van der Waals surface area contributed by atoms with Gasteiger partial charge in [-0.15, -0.1) is 0 Å². The zero-order valence-electron chi connectivity index (χ0n) is 19.4. The zero-order chi connectivity index (χ0) is 24.6. The molecule has 0 radical (unpaired) electrons. The summed E-state index contributed by atoms with van der Waals surface area (Å²) < 4.78 is 24.9. The lowest BCUT2D eigenvalue weighted by Gasteiger charge is -2.30. The second kappa shape index (κ2) is 11.3. The molecule has 0 aliphatic carbocycles. The summed E-state index contributed by atoms with van der Waals surface area (Å²) >= 11 is 0. The number of carbonyl (C=O) groups excluding carboxylic acids is 2. The van der Waals surface area contributed by atoms with Gasteiger partial charge in [0.25, 0.3) is 0 Å². The number of hydrogen-bond acceptors (Lipinski definition) is 5. The van der Waals surface area contributed by atoms with Crippen molar-refractivity contribution < 1.29 is 23.5 Å². The first-order valence-electron chi connectivity index (χ1n) is 11.4. The molecule has 0 atom stereocenters. The third kappa shape index (κ3) is 6.03. The number of nitrogens with zero attached hydrogens (tertiary/aromatic N) is 2. The van der Waals surface area contributed by atoms with E-state index in [0.717, 1.165) is 24.1 Å². The van der Waals surface area contributed by atoms with E-state index in [1.54, 1.807) is 29.2 Å². The summed E-state index contributed by atoms with van der Waals surface area (Å²) in [5.41, 5.74) is 3.04. The summed E-state index contributed by atoms with van der Waals surface area (Å²) in [7, 11) is 0. The largest absolute Gasteiger partial charge is 0.487 e. The second-order valence-corrected chi connectivity index (χ2v) is 7.97. The number of ether oxygens (including phenoxy) is 2. The van der Waals surface area contributed by atoms with Crippen LogP contribution < -0.4 is 15.0 Å². The van der Waals surface area contributed by atoms with Gasteiger partial charge in [-0.3, -0.25) is 9.88 Å². The lowest BCUT2D eigenvalue weighted by Crippen LogP contribution is -2.39. The minimum Gasteiger partial charge on any atom is -0.487 e. The Morgan fingerprint density at radius 3 is 2.89 bits per heavy atom. The van der Waals surface area contributed by atoms with Crippen LogP contribution in [0.1, 0.15) is 36.6 Å². The summed E-state index contributed by atoms with van der Waals surface area (Å²) in [5, 5.41) is 2.89. The van der Waals surface area contributed by atoms with E-state index in [0.29, 0.717) is 30.2 Å². The van der Waals surface area contributed by atoms with E-state index in [1.165, 1.54) is 24.4 Å². The maximum absolute atomic E-state index is 13.9. The predicted octanol–water partition coefficient (Wildman–Crippen LogP) is 5.71. The highest BCUT2D eigenvalue weighted by Gasteiger charge is 2.25. The van der Waals surface area contributed by atoms with Crippen molar-refractivity contribution in [3.05, 3.63) is 89.5 Å². The number of benzene rings is 2. The van der Waals surface area contributed by atoms with Crippen LogP contribution in [-0.4, -0.2) is 23.6 Å². The smallest absolute Gasteiger partial charge is 0.330 e. The van der Waals surface area contributed by atoms with Gasteiger partial charge >= 0.3 is 12.0 Å². The molecule has 0 spiro atoms. The van der Waals surface area contributed by atoms with Gasteiger partial charge < -0.3 is 14.8 Å². The van der Waals surface area contributed by atoms with Crippen molar-refractivity contribution in [1.29, 1.82) is 0 Å². The monoisotopic (exact) mass is 475 g/mol. The quantitative estimate of drug-likeness (QED) is 0.244. The highest BCUT2D eigenvalue weighted by atomic mass is 19.1. The number of amides is 2. The average Bonchev–Trinajstić information content (AvgIpc) is 2.87. The van der Waals surface area contributed by atoms with E-state index in [9.17, 15) is 14.0 Å². The molecule has 8 heteroatoms. The van der Waals surface area contributed by atoms with Crippen LogP contribution in [0.5, 0.6) is 5.75 Å². The number of unbranched alkanes of at least 4 members (excludes halogenated alkanes) is 1. The first kappa shape index (κ1) is 23.9. The van der Waals surface area contributed by atoms with Crippen molar-refractivity contribution in [2.24, 2.45) is 0 Å². The number of esters is 1. The van der Waals surface area contributed by atoms with E-state index in [-0.39, 0.29) is 18.3 Å². The number of halogens is 1. The molecule has 0 unspecified atom stereocenters. The molecule has 1 aromatic heterocycles. The number of anilines is 2. The Kier molecular flexibility index (Phi) is 7.72. The number of aromatic nitrogens is 1. The molecule has 7 nitrogen and oxygen atoms in total. The van der Waals surface area contributed by atoms with Crippen LogP contribution in [0.2, 0.25) is 0 Å². The second-order valence-electron chi connectivity index (χ2n) is 7.97. The minimum atomic E-state index is -0.458. The standard InChI is InChI=1S/C27H26FN3O4/c1-2-3-15-34-26(32)13-11-19-10-12-21(35-18-24-22(28)8-6-14-29-24)16-25(19)31-17-20-7-4-5-9-23(20)30-27(31)33/h4-14,16H,2-3,15,17-18H2,1H3,(H,30,33)/b13-11+. The zero-order valence-corrected chi connectivity index (χ0v) is 19.4. The highest BCUT2D eigenvalue weighted by Crippen LogP contribution is 2.33. The Labute approximate surface area is 203 Å². The maximum Gasteiger partial charge on any atom is 0.330 e. The van der Waals surface area contributed by atoms with Crippen LogP contribution >= 0.6 is 0 Å². The molecule has 0 bridgehead atoms. The predicted molar refractivity (Wildman–Crippen MR) is 132 cm³/mol. The molecule has 1 N–H and O–H groups in total. The molecular formula is C27H26FN3O4. The third-order valence-corrected chi connectivity index (χ3v) is 5.48. The van der Waals surface area contributed by atoms with Gasteiger partial charge in [0.05, 0.1) is 18.8 Å². The molecule has 0 saturated carbocycles. The van der Waals surface area contributed by atoms with Gasteiger partial charge in [0.1, 0.15) is 23.9 Å². The van der Waals surface area contributed by atoms with Gasteiger partial charge in [-0.2, -0.15) is 0 Å². The molecule has 2 aromatic carbocycles. The number of urea groups is 1. The van der Waals surface area contributed by atoms with Crippen LogP contribution in [-0.2, 0) is 22.7 Å². The molecule has 1 aliphatic rings. The summed E-state index contributed by atoms with van der Waals surface area (Å²) in [6.07, 6.45) is 6.17. The molecular weight excluding hydrogens is 449 g/mol. The van der Waals surface area contributed by atoms with Crippen molar-refractivity contribution in [3.63, 3.8) is 0 Å². The Bertz CT molecular complexity index is 1240. The molecule has 0 fully saturated rings. The van der Waals surface area contributed by atoms with Crippen LogP contribution in [0.4, 0.5) is 20.6 Å². The highest BCUT2D eigenvalue weighted by molar-refractivity contribution is 6.05. The third-order valence-electron chi connectivity index (χ3n) is 5.48. The molecule has 35 heavy (non-hydrogen) atoms. The van der Waals surface area contributed by atoms with Gasteiger partial charge in [-0.05, 0) is 54.0 Å². The SMILES string of the molecule is CCCCOC(=O)/C=C/c1ccc(OCc2ncccc2F)cc1N1Cc2ccccc2NC1=O. The maximum atomic E-state index is 13.9. The molecule has 3 aromatic rings. The molecule has 2 heterocycles. The van der Waals surface area contributed by atoms with Gasteiger partial charge in [-0.1, -0.05) is 31.5 Å². The van der Waals surface area contributed by atoms with Gasteiger partial charge in [0.15, 0.2) is 0 Å². The lowest BCUT2D eigenvalue weighted by molar-refractivity contribution is -0.137. The van der Waals surface area contributed by atoms with Crippen molar-refractivity contribution >= 4 is 29.5 Å². The number of hydrogen-bond donors (Lipinski definition) is 1. The van der Waals surface area contributed by atoms with Gasteiger partial charge in [0.2, 0.25) is 0 Å². The normalized spacial score (nSPS) is 12.9. The summed E-state index contributed by atoms with van der Waals surface area (Å²) in [5.74, 6) is -0.482. The Morgan fingerprint density at radius 2 is 2.06 bits per heavy atom. The molecule has 4 rings (SSSR count). The van der Waals surface area contributed by atoms with Crippen LogP contribution in [0.25, 0.3) is 6.08 Å². The number of carbonyl (C=O) groups is 2. The van der Waals surface area contributed by atoms with Crippen LogP contribution in [0.15, 0.2) is 66.9 Å². The van der Waals surface area contributed by atoms with Crippen LogP contribution in [0.3, 0.4) is 0 Å². The van der Waals surface area contributed by atoms with Crippen LogP contribution in [0, 0.1) is 5.82 Å². The molecule has 2 amide bonds. The number of pyridine rings is 1. The number of rotatable bonds is 9. The van der Waals surface area contributed by atoms with E-state index in [2.05, 4.69) is 10.3 Å². The van der Waals surface area contributed by atoms with Gasteiger partial charge in [0, 0.05) is 24.0 Å². The minimum absolute atomic E-state index is 0.0694. The molecule has 180 valence electrons. The number of nitrogens with one attached hydrogen (secondary N) is 1. The Morgan fingerprint density at radius 1 is 1.20 bits per heavy atom. The fraction of sp³-hybridized carbons (Fsp3) is 0.222. The number of fused-ring (bicyclic) bond motifs is 1. The van der Waals surface area contributed by atoms with E-state index in [4.69, 9.17) is 9.47 Å². The van der Waals surface area contributed by atoms with E-state index >= 15 is 0 Å². The van der Waals surface area contributed by atoms with Gasteiger partial charge in [-0.25, -0.2) is 14.0 Å². The average molecular weight is 476 g/mol. The number of para-hydroxylation sites is 1. The molecule has 0 saturated heterocycles. The van der Waals surface area contributed by atoms with Crippen molar-refractivity contribution in [1.82, 2.24) is 4.98 Å². The Balaban J connectivity index is 1.61. The van der Waals surface area contributed by atoms with E-state index in [1.807, 2.05) is 31.2 Å². The topological polar surface area (TPSA) is 80.8 Å². The fourth-order valence-corrected chi connectivity index (χ4v) is 3.59. The van der Waals surface area contributed by atoms with Crippen molar-refractivity contribution in [2.45, 2.75) is 32.9 Å². The first-order valence-corrected chi connectivity index (χ1v) is 11.4. The Hall–Kier alpha value is -4.20. The van der Waals surface area contributed by atoms with Crippen molar-refractivity contribution in [2.75, 3.05) is 16.8 Å². The summed E-state index contributed by atoms with van der Waals surface area (Å²) in [6, 6.07) is 15.2. The van der Waals surface area contributed by atoms with Crippen molar-refractivity contribution in [3.8, 4) is 5.75 Å². The fourth-order valence-electron chi connectivity index (χ4n) is 3.59. The molecule has 1 aliphatic heterocycles. The first-order chi connectivity index (χ1) is 17.0. The summed E-state index contributed by atoms with van der Waals surface area (Å²) in [4.78, 5) is 30.6. The lowest BCUT2D eigenvalue weighted by atomic mass is 10.1.